The van der Waals surface area contributed by atoms with Crippen LogP contribution in [0.25, 0.3) is 22.2 Å². The summed E-state index contributed by atoms with van der Waals surface area (Å²) in [6.07, 6.45) is 0. The van der Waals surface area contributed by atoms with E-state index in [9.17, 15) is 10.2 Å². The van der Waals surface area contributed by atoms with Gasteiger partial charge in [0.25, 0.3) is 11.8 Å². The zero-order chi connectivity index (χ0) is 27.9. The van der Waals surface area contributed by atoms with Gasteiger partial charge >= 0.3 is 5.79 Å². The molecule has 4 rings (SSSR count). The summed E-state index contributed by atoms with van der Waals surface area (Å²) in [5.74, 6) is -3.18. The summed E-state index contributed by atoms with van der Waals surface area (Å²) >= 11 is 0. The van der Waals surface area contributed by atoms with E-state index in [0.29, 0.717) is 22.2 Å². The molecule has 0 aliphatic rings. The van der Waals surface area contributed by atoms with Gasteiger partial charge in [-0.05, 0) is 44.9 Å². The van der Waals surface area contributed by atoms with Gasteiger partial charge in [0, 0.05) is 11.1 Å². The highest BCUT2D eigenvalue weighted by Crippen LogP contribution is 2.40. The normalized spacial score (nSPS) is 14.2. The van der Waals surface area contributed by atoms with Crippen molar-refractivity contribution in [2.24, 2.45) is 0 Å². The van der Waals surface area contributed by atoms with E-state index in [0.717, 1.165) is 22.3 Å². The number of nitrogens with zero attached hydrogens (tertiary/aromatic N) is 2. The van der Waals surface area contributed by atoms with Crippen LogP contribution in [0.15, 0.2) is 33.1 Å². The van der Waals surface area contributed by atoms with Crippen LogP contribution in [0.4, 0.5) is 0 Å². The van der Waals surface area contributed by atoms with Gasteiger partial charge in [0.1, 0.15) is 11.0 Å². The van der Waals surface area contributed by atoms with E-state index in [1.54, 1.807) is 0 Å². The Morgan fingerprint density at radius 1 is 0.514 bits per heavy atom. The molecule has 0 spiro atoms. The monoisotopic (exact) mass is 506 g/mol. The molecule has 37 heavy (non-hydrogen) atoms. The van der Waals surface area contributed by atoms with Crippen molar-refractivity contribution in [1.29, 1.82) is 0 Å². The minimum Gasteiger partial charge on any atom is -0.435 e. The standard InChI is InChI=1S/C31H42N2O4/c1-27(2,3)17-13-19(29(7,8)9)23-21(15-17)32-25(36-23)31(34,35)26-33-22-16-18(28(4,5)6)14-20(24(22)37-26)30(10,11)12/h13-16,34-35H,1-12H3. The van der Waals surface area contributed by atoms with Gasteiger partial charge in [-0.3, -0.25) is 0 Å². The second-order valence-electron chi connectivity index (χ2n) is 14.5. The van der Waals surface area contributed by atoms with Gasteiger partial charge < -0.3 is 19.0 Å². The lowest BCUT2D eigenvalue weighted by Gasteiger charge is -2.24. The fraction of sp³-hybridized carbons (Fsp3) is 0.548. The Morgan fingerprint density at radius 3 is 1.11 bits per heavy atom. The van der Waals surface area contributed by atoms with Gasteiger partial charge in [-0.2, -0.15) is 0 Å². The average Bonchev–Trinajstić information content (AvgIpc) is 3.34. The maximum atomic E-state index is 11.3. The van der Waals surface area contributed by atoms with E-state index in [-0.39, 0.29) is 33.4 Å². The van der Waals surface area contributed by atoms with Gasteiger partial charge in [0.05, 0.1) is 0 Å². The van der Waals surface area contributed by atoms with Crippen molar-refractivity contribution in [1.82, 2.24) is 9.97 Å². The number of aliphatic hydroxyl groups is 2. The van der Waals surface area contributed by atoms with Gasteiger partial charge in [-0.25, -0.2) is 9.97 Å². The van der Waals surface area contributed by atoms with Gasteiger partial charge in [0.2, 0.25) is 0 Å². The summed E-state index contributed by atoms with van der Waals surface area (Å²) in [5.41, 5.74) is 5.58. The lowest BCUT2D eigenvalue weighted by atomic mass is 9.80. The van der Waals surface area contributed by atoms with Crippen LogP contribution < -0.4 is 0 Å². The second-order valence-corrected chi connectivity index (χ2v) is 14.5. The second kappa shape index (κ2) is 8.15. The van der Waals surface area contributed by atoms with Gasteiger partial charge in [0.15, 0.2) is 11.2 Å². The smallest absolute Gasteiger partial charge is 0.322 e. The van der Waals surface area contributed by atoms with Crippen molar-refractivity contribution < 1.29 is 19.0 Å². The first kappa shape index (κ1) is 27.3. The van der Waals surface area contributed by atoms with Crippen LogP contribution in [0.3, 0.4) is 0 Å². The Balaban J connectivity index is 1.94. The molecular weight excluding hydrogens is 464 g/mol. The quantitative estimate of drug-likeness (QED) is 0.276. The molecular formula is C31H42N2O4. The predicted molar refractivity (Wildman–Crippen MR) is 148 cm³/mol. The van der Waals surface area contributed by atoms with Crippen LogP contribution in [0.5, 0.6) is 0 Å². The maximum absolute atomic E-state index is 11.3. The van der Waals surface area contributed by atoms with Crippen molar-refractivity contribution in [2.45, 2.75) is 111 Å². The summed E-state index contributed by atoms with van der Waals surface area (Å²) in [6.45, 7) is 25.4. The van der Waals surface area contributed by atoms with E-state index in [4.69, 9.17) is 8.83 Å². The summed E-state index contributed by atoms with van der Waals surface area (Å²) < 4.78 is 12.1. The first-order valence-electron chi connectivity index (χ1n) is 13.0. The summed E-state index contributed by atoms with van der Waals surface area (Å²) in [5, 5.41) is 22.7. The number of benzene rings is 2. The molecule has 0 unspecified atom stereocenters. The summed E-state index contributed by atoms with van der Waals surface area (Å²) in [6, 6.07) is 8.15. The number of hydrogen-bond acceptors (Lipinski definition) is 6. The fourth-order valence-corrected chi connectivity index (χ4v) is 4.44. The Hall–Kier alpha value is -2.70. The Kier molecular flexibility index (Phi) is 6.02. The topological polar surface area (TPSA) is 92.5 Å². The number of oxazole rings is 2. The van der Waals surface area contributed by atoms with Crippen molar-refractivity contribution >= 4 is 22.2 Å². The molecule has 0 bridgehead atoms. The molecule has 4 aromatic rings. The zero-order valence-corrected chi connectivity index (χ0v) is 24.4. The Labute approximate surface area is 220 Å². The van der Waals surface area contributed by atoms with E-state index in [1.807, 2.05) is 12.1 Å². The van der Waals surface area contributed by atoms with Gasteiger partial charge in [-0.1, -0.05) is 95.2 Å². The van der Waals surface area contributed by atoms with Crippen molar-refractivity contribution in [3.63, 3.8) is 0 Å². The first-order chi connectivity index (χ1) is 16.6. The van der Waals surface area contributed by atoms with Crippen molar-refractivity contribution in [2.75, 3.05) is 0 Å². The molecule has 0 aliphatic carbocycles. The lowest BCUT2D eigenvalue weighted by Crippen LogP contribution is -2.27. The first-order valence-corrected chi connectivity index (χ1v) is 13.0. The van der Waals surface area contributed by atoms with E-state index in [1.165, 1.54) is 0 Å². The molecule has 6 nitrogen and oxygen atoms in total. The van der Waals surface area contributed by atoms with Crippen LogP contribution in [0.2, 0.25) is 0 Å². The molecule has 0 aliphatic heterocycles. The molecule has 2 aromatic heterocycles. The third kappa shape index (κ3) is 4.94. The molecule has 200 valence electrons. The number of fused-ring (bicyclic) bond motifs is 2. The molecule has 2 heterocycles. The fourth-order valence-electron chi connectivity index (χ4n) is 4.44. The highest BCUT2D eigenvalue weighted by Gasteiger charge is 2.42. The van der Waals surface area contributed by atoms with Crippen LogP contribution in [-0.2, 0) is 27.4 Å². The summed E-state index contributed by atoms with van der Waals surface area (Å²) in [4.78, 5) is 9.08. The van der Waals surface area contributed by atoms with Gasteiger partial charge in [-0.15, -0.1) is 0 Å². The Bertz CT molecular complexity index is 1360. The SMILES string of the molecule is CC(C)(C)c1cc(C(C)(C)C)c2oc(C(O)(O)c3nc4cc(C(C)(C)C)cc(C(C)(C)C)c4o3)nc2c1. The van der Waals surface area contributed by atoms with Crippen LogP contribution >= 0.6 is 0 Å². The van der Waals surface area contributed by atoms with Crippen LogP contribution in [-0.4, -0.2) is 20.2 Å². The van der Waals surface area contributed by atoms with Crippen LogP contribution in [0.1, 0.15) is 117 Å². The van der Waals surface area contributed by atoms with Crippen LogP contribution in [0, 0.1) is 0 Å². The number of rotatable bonds is 2. The van der Waals surface area contributed by atoms with E-state index in [2.05, 4.69) is 105 Å². The third-order valence-electron chi connectivity index (χ3n) is 6.92. The van der Waals surface area contributed by atoms with Crippen molar-refractivity contribution in [3.05, 3.63) is 58.3 Å². The molecule has 0 saturated carbocycles. The third-order valence-corrected chi connectivity index (χ3v) is 6.92. The van der Waals surface area contributed by atoms with E-state index >= 15 is 0 Å². The number of hydrogen-bond donors (Lipinski definition) is 2. The van der Waals surface area contributed by atoms with E-state index < -0.39 is 5.79 Å². The predicted octanol–water partition coefficient (Wildman–Crippen LogP) is 7.34. The average molecular weight is 507 g/mol. The summed E-state index contributed by atoms with van der Waals surface area (Å²) in [7, 11) is 0. The molecule has 6 heteroatoms. The maximum Gasteiger partial charge on any atom is 0.322 e. The molecule has 0 atom stereocenters. The Morgan fingerprint density at radius 2 is 0.838 bits per heavy atom. The molecule has 0 radical (unpaired) electrons. The molecule has 0 saturated heterocycles. The molecule has 2 aromatic carbocycles. The molecule has 0 fully saturated rings. The highest BCUT2D eigenvalue weighted by molar-refractivity contribution is 5.80. The number of aromatic nitrogens is 2. The minimum absolute atomic E-state index is 0.114. The minimum atomic E-state index is -2.65. The molecule has 0 amide bonds. The largest absolute Gasteiger partial charge is 0.435 e. The highest BCUT2D eigenvalue weighted by atomic mass is 16.5. The zero-order valence-electron chi connectivity index (χ0n) is 24.4. The van der Waals surface area contributed by atoms with Crippen molar-refractivity contribution in [3.8, 4) is 0 Å². The lowest BCUT2D eigenvalue weighted by molar-refractivity contribution is -0.165. The molecule has 2 N–H and O–H groups in total.